The molecule has 0 saturated carbocycles. The molecule has 1 N–H and O–H groups in total. The molecule has 0 unspecified atom stereocenters. The number of hydrogen-bond acceptors (Lipinski definition) is 5. The van der Waals surface area contributed by atoms with E-state index in [9.17, 15) is 4.79 Å². The lowest BCUT2D eigenvalue weighted by Gasteiger charge is -2.14. The van der Waals surface area contributed by atoms with Crippen molar-refractivity contribution in [1.29, 1.82) is 0 Å². The van der Waals surface area contributed by atoms with Gasteiger partial charge in [0, 0.05) is 6.61 Å². The van der Waals surface area contributed by atoms with E-state index in [-0.39, 0.29) is 23.9 Å². The molecule has 1 aromatic rings. The van der Waals surface area contributed by atoms with Gasteiger partial charge in [-0.1, -0.05) is 0 Å². The van der Waals surface area contributed by atoms with Gasteiger partial charge < -0.3 is 24.1 Å². The maximum Gasteiger partial charge on any atom is 0.335 e. The van der Waals surface area contributed by atoms with Gasteiger partial charge in [0.15, 0.2) is 18.3 Å². The van der Waals surface area contributed by atoms with E-state index in [1.165, 1.54) is 26.4 Å². The monoisotopic (exact) mass is 256 g/mol. The quantitative estimate of drug-likeness (QED) is 0.592. The summed E-state index contributed by atoms with van der Waals surface area (Å²) in [5.41, 5.74) is 0.0625. The van der Waals surface area contributed by atoms with Crippen LogP contribution in [0.2, 0.25) is 0 Å². The molecule has 0 fully saturated rings. The van der Waals surface area contributed by atoms with E-state index in [0.29, 0.717) is 12.4 Å². The summed E-state index contributed by atoms with van der Waals surface area (Å²) in [6.45, 7) is 2.39. The second-order valence-electron chi connectivity index (χ2n) is 3.27. The molecule has 1 aromatic carbocycles. The van der Waals surface area contributed by atoms with Gasteiger partial charge in [-0.15, -0.1) is 0 Å². The second-order valence-corrected chi connectivity index (χ2v) is 3.27. The Morgan fingerprint density at radius 1 is 1.22 bits per heavy atom. The number of carboxylic acids is 1. The third kappa shape index (κ3) is 3.27. The Kier molecular flexibility index (Phi) is 5.26. The van der Waals surface area contributed by atoms with Crippen LogP contribution in [0.3, 0.4) is 0 Å². The maximum absolute atomic E-state index is 10.9. The first-order valence-electron chi connectivity index (χ1n) is 5.33. The molecule has 0 spiro atoms. The topological polar surface area (TPSA) is 74.2 Å². The minimum absolute atomic E-state index is 0.0373. The van der Waals surface area contributed by atoms with Gasteiger partial charge in [0.2, 0.25) is 5.75 Å². The van der Waals surface area contributed by atoms with E-state index in [1.54, 1.807) is 0 Å². The Hall–Kier alpha value is -1.95. The minimum Gasteiger partial charge on any atom is -0.493 e. The highest BCUT2D eigenvalue weighted by molar-refractivity contribution is 5.89. The van der Waals surface area contributed by atoms with Crippen molar-refractivity contribution in [2.24, 2.45) is 0 Å². The molecule has 0 atom stereocenters. The summed E-state index contributed by atoms with van der Waals surface area (Å²) in [7, 11) is 2.85. The Bertz CT molecular complexity index is 390. The van der Waals surface area contributed by atoms with Gasteiger partial charge in [0.1, 0.15) is 0 Å². The molecule has 0 aliphatic heterocycles. The molecular weight excluding hydrogens is 240 g/mol. The summed E-state index contributed by atoms with van der Waals surface area (Å²) >= 11 is 0. The van der Waals surface area contributed by atoms with Gasteiger partial charge in [-0.25, -0.2) is 4.79 Å². The summed E-state index contributed by atoms with van der Waals surface area (Å²) in [5.74, 6) is -0.181. The highest BCUT2D eigenvalue weighted by Gasteiger charge is 2.17. The molecule has 0 amide bonds. The molecule has 18 heavy (non-hydrogen) atoms. The normalized spacial score (nSPS) is 9.94. The van der Waals surface area contributed by atoms with Crippen molar-refractivity contribution >= 4 is 5.97 Å². The number of rotatable bonds is 7. The van der Waals surface area contributed by atoms with Crippen LogP contribution in [0.15, 0.2) is 12.1 Å². The first-order chi connectivity index (χ1) is 8.63. The van der Waals surface area contributed by atoms with Crippen LogP contribution in [-0.4, -0.2) is 38.7 Å². The molecular formula is C12H16O6. The SMILES string of the molecule is CCOCOc1c(OC)cc(C(=O)O)cc1OC. The lowest BCUT2D eigenvalue weighted by atomic mass is 10.2. The lowest BCUT2D eigenvalue weighted by molar-refractivity contribution is 0.0193. The van der Waals surface area contributed by atoms with Crippen LogP contribution in [0.4, 0.5) is 0 Å². The van der Waals surface area contributed by atoms with Crippen LogP contribution >= 0.6 is 0 Å². The van der Waals surface area contributed by atoms with Crippen molar-refractivity contribution in [1.82, 2.24) is 0 Å². The van der Waals surface area contributed by atoms with E-state index in [0.717, 1.165) is 0 Å². The fraction of sp³-hybridized carbons (Fsp3) is 0.417. The molecule has 6 nitrogen and oxygen atoms in total. The molecule has 1 rings (SSSR count). The van der Waals surface area contributed by atoms with E-state index < -0.39 is 5.97 Å². The zero-order valence-corrected chi connectivity index (χ0v) is 10.6. The highest BCUT2D eigenvalue weighted by atomic mass is 16.7. The van der Waals surface area contributed by atoms with E-state index in [2.05, 4.69) is 0 Å². The number of aromatic carboxylic acids is 1. The van der Waals surface area contributed by atoms with Gasteiger partial charge in [0.05, 0.1) is 19.8 Å². The molecule has 0 saturated heterocycles. The summed E-state index contributed by atoms with van der Waals surface area (Å²) in [5, 5.41) is 8.95. The molecule has 100 valence electrons. The molecule has 0 heterocycles. The van der Waals surface area contributed by atoms with Crippen molar-refractivity contribution in [3.63, 3.8) is 0 Å². The number of carbonyl (C=O) groups is 1. The molecule has 0 bridgehead atoms. The zero-order valence-electron chi connectivity index (χ0n) is 10.6. The van der Waals surface area contributed by atoms with Gasteiger partial charge in [-0.05, 0) is 19.1 Å². The standard InChI is InChI=1S/C12H16O6/c1-4-17-7-18-11-9(15-2)5-8(12(13)14)6-10(11)16-3/h5-6H,4,7H2,1-3H3,(H,13,14). The fourth-order valence-electron chi connectivity index (χ4n) is 1.33. The Morgan fingerprint density at radius 2 is 1.78 bits per heavy atom. The van der Waals surface area contributed by atoms with Gasteiger partial charge in [-0.3, -0.25) is 0 Å². The van der Waals surface area contributed by atoms with E-state index in [4.69, 9.17) is 24.1 Å². The number of ether oxygens (including phenoxy) is 4. The summed E-state index contributed by atoms with van der Waals surface area (Å²) in [4.78, 5) is 10.9. The van der Waals surface area contributed by atoms with Gasteiger partial charge in [0.25, 0.3) is 0 Å². The van der Waals surface area contributed by atoms with Crippen LogP contribution in [-0.2, 0) is 4.74 Å². The van der Waals surface area contributed by atoms with Crippen LogP contribution in [0.1, 0.15) is 17.3 Å². The highest BCUT2D eigenvalue weighted by Crippen LogP contribution is 2.38. The molecule has 0 aromatic heterocycles. The Labute approximate surface area is 105 Å². The maximum atomic E-state index is 10.9. The molecule has 0 radical (unpaired) electrons. The predicted molar refractivity (Wildman–Crippen MR) is 63.6 cm³/mol. The number of hydrogen-bond donors (Lipinski definition) is 1. The largest absolute Gasteiger partial charge is 0.493 e. The van der Waals surface area contributed by atoms with Crippen molar-refractivity contribution in [2.45, 2.75) is 6.92 Å². The van der Waals surface area contributed by atoms with E-state index >= 15 is 0 Å². The third-order valence-electron chi connectivity index (χ3n) is 2.20. The van der Waals surface area contributed by atoms with E-state index in [1.807, 2.05) is 6.92 Å². The summed E-state index contributed by atoms with van der Waals surface area (Å²) in [6.07, 6.45) is 0. The lowest BCUT2D eigenvalue weighted by Crippen LogP contribution is -2.06. The first kappa shape index (κ1) is 14.1. The Balaban J connectivity index is 3.09. The van der Waals surface area contributed by atoms with Crippen molar-refractivity contribution in [3.8, 4) is 17.2 Å². The fourth-order valence-corrected chi connectivity index (χ4v) is 1.33. The number of carboxylic acid groups (broad SMARTS) is 1. The summed E-state index contributed by atoms with van der Waals surface area (Å²) in [6, 6.07) is 2.73. The van der Waals surface area contributed by atoms with Crippen molar-refractivity contribution in [3.05, 3.63) is 17.7 Å². The van der Waals surface area contributed by atoms with Gasteiger partial charge in [-0.2, -0.15) is 0 Å². The van der Waals surface area contributed by atoms with Gasteiger partial charge >= 0.3 is 5.97 Å². The minimum atomic E-state index is -1.07. The predicted octanol–water partition coefficient (Wildman–Crippen LogP) is 1.77. The van der Waals surface area contributed by atoms with Crippen LogP contribution in [0.25, 0.3) is 0 Å². The van der Waals surface area contributed by atoms with Crippen LogP contribution in [0.5, 0.6) is 17.2 Å². The van der Waals surface area contributed by atoms with Crippen molar-refractivity contribution in [2.75, 3.05) is 27.6 Å². The third-order valence-corrected chi connectivity index (χ3v) is 2.20. The van der Waals surface area contributed by atoms with Crippen molar-refractivity contribution < 1.29 is 28.8 Å². The molecule has 6 heteroatoms. The first-order valence-corrected chi connectivity index (χ1v) is 5.33. The Morgan fingerprint density at radius 3 is 2.17 bits per heavy atom. The average Bonchev–Trinajstić information content (AvgIpc) is 2.38. The molecule has 0 aliphatic rings. The zero-order chi connectivity index (χ0) is 13.5. The van der Waals surface area contributed by atoms with Crippen LogP contribution in [0, 0.1) is 0 Å². The smallest absolute Gasteiger partial charge is 0.335 e. The van der Waals surface area contributed by atoms with Crippen LogP contribution < -0.4 is 14.2 Å². The number of benzene rings is 1. The number of methoxy groups -OCH3 is 2. The second kappa shape index (κ2) is 6.70. The molecule has 0 aliphatic carbocycles. The summed E-state index contributed by atoms with van der Waals surface area (Å²) < 4.78 is 20.6. The average molecular weight is 256 g/mol.